The van der Waals surface area contributed by atoms with Crippen LogP contribution in [0.1, 0.15) is 1.43 Å². The van der Waals surface area contributed by atoms with E-state index in [1.165, 1.54) is 15.9 Å². The second-order valence-corrected chi connectivity index (χ2v) is 10.9. The Morgan fingerprint density at radius 2 is 1.13 bits per heavy atom. The highest BCUT2D eigenvalue weighted by Gasteiger charge is 2.47. The lowest BCUT2D eigenvalue weighted by Crippen LogP contribution is -3.00. The topological polar surface area (TPSA) is 29.5 Å². The van der Waals surface area contributed by atoms with E-state index in [0.717, 1.165) is 13.1 Å². The van der Waals surface area contributed by atoms with E-state index in [2.05, 4.69) is 77.7 Å². The molecule has 31 heavy (non-hydrogen) atoms. The maximum absolute atomic E-state index is 13.4. The number of carbonyl (C=O) groups excluding carboxylic acids is 1. The summed E-state index contributed by atoms with van der Waals surface area (Å²) in [5.74, 6) is 0.303. The molecule has 0 atom stereocenters. The number of morpholine rings is 1. The molecule has 4 rings (SSSR count). The van der Waals surface area contributed by atoms with Gasteiger partial charge in [0.1, 0.15) is 29.3 Å². The highest BCUT2D eigenvalue weighted by molar-refractivity contribution is 7.96. The van der Waals surface area contributed by atoms with Crippen LogP contribution in [-0.2, 0) is 9.53 Å². The molecule has 1 fully saturated rings. The molecule has 0 amide bonds. The first-order valence-corrected chi connectivity index (χ1v) is 12.1. The summed E-state index contributed by atoms with van der Waals surface area (Å²) in [6.07, 6.45) is 0.544. The van der Waals surface area contributed by atoms with Crippen LogP contribution < -0.4 is 40.7 Å². The van der Waals surface area contributed by atoms with Crippen LogP contribution in [-0.4, -0.2) is 49.7 Å². The summed E-state index contributed by atoms with van der Waals surface area (Å²) in [4.78, 5) is 15.6. The number of halogens is 2. The average Bonchev–Trinajstić information content (AvgIpc) is 2.80. The smallest absolute Gasteiger partial charge is 1.00 e. The molecule has 6 heteroatoms. The number of hydrogen-bond acceptors (Lipinski definition) is 3. The Kier molecular flexibility index (Phi) is 10.2. The van der Waals surface area contributed by atoms with Crippen LogP contribution in [0.5, 0.6) is 0 Å². The molecule has 1 heterocycles. The molecule has 0 aliphatic carbocycles. The quantitative estimate of drug-likeness (QED) is 0.341. The molecule has 0 aromatic heterocycles. The van der Waals surface area contributed by atoms with E-state index in [9.17, 15) is 4.79 Å². The Bertz CT molecular complexity index is 830. The second kappa shape index (κ2) is 12.3. The van der Waals surface area contributed by atoms with Gasteiger partial charge in [0.15, 0.2) is 5.78 Å². The molecule has 1 aliphatic heterocycles. The van der Waals surface area contributed by atoms with Crippen LogP contribution in [0.25, 0.3) is 0 Å². The number of Topliss-reactive ketones (excluding diaryl/α,β-unsaturated/α-hetero) is 1. The van der Waals surface area contributed by atoms with Crippen LogP contribution in [0.2, 0.25) is 0 Å². The van der Waals surface area contributed by atoms with Crippen molar-refractivity contribution in [2.75, 3.05) is 39.0 Å². The van der Waals surface area contributed by atoms with Crippen LogP contribution in [0.4, 0.5) is 0 Å². The Hall–Kier alpha value is -1.74. The molecule has 1 saturated heterocycles. The predicted molar refractivity (Wildman–Crippen MR) is 123 cm³/mol. The van der Waals surface area contributed by atoms with Gasteiger partial charge in [0.25, 0.3) is 0 Å². The van der Waals surface area contributed by atoms with Gasteiger partial charge in [-0.05, 0) is 36.4 Å². The van der Waals surface area contributed by atoms with Gasteiger partial charge in [0.05, 0.1) is 19.8 Å². The Morgan fingerprint density at radius 3 is 1.52 bits per heavy atom. The van der Waals surface area contributed by atoms with Gasteiger partial charge in [-0.1, -0.05) is 54.6 Å². The van der Waals surface area contributed by atoms with E-state index in [1.54, 1.807) is 0 Å². The summed E-state index contributed by atoms with van der Waals surface area (Å²) in [6, 6.07) is 31.8. The van der Waals surface area contributed by atoms with E-state index < -0.39 is 7.26 Å². The van der Waals surface area contributed by atoms with Crippen LogP contribution in [0.3, 0.4) is 0 Å². The van der Waals surface area contributed by atoms with Crippen LogP contribution in [0, 0.1) is 0 Å². The fraction of sp³-hybridized carbons (Fsp3) is 0.240. The van der Waals surface area contributed by atoms with Crippen molar-refractivity contribution in [3.63, 3.8) is 0 Å². The number of ketones is 1. The Labute approximate surface area is 199 Å². The zero-order valence-electron chi connectivity index (χ0n) is 18.4. The number of rotatable bonds is 7. The second-order valence-electron chi connectivity index (χ2n) is 7.40. The number of ether oxygens (including phenoxy) is 1. The molecule has 164 valence electrons. The predicted octanol–water partition coefficient (Wildman–Crippen LogP) is -3.00. The maximum Gasteiger partial charge on any atom is 1.00 e. The largest absolute Gasteiger partial charge is 1.00 e. The van der Waals surface area contributed by atoms with Crippen LogP contribution in [0.15, 0.2) is 91.0 Å². The highest BCUT2D eigenvalue weighted by Crippen LogP contribution is 2.55. The van der Waals surface area contributed by atoms with Gasteiger partial charge in [-0.15, -0.1) is 0 Å². The lowest BCUT2D eigenvalue weighted by molar-refractivity contribution is -0.118. The fourth-order valence-corrected chi connectivity index (χ4v) is 8.21. The van der Waals surface area contributed by atoms with Gasteiger partial charge in [0, 0.05) is 13.1 Å². The van der Waals surface area contributed by atoms with E-state index in [0.29, 0.717) is 31.7 Å². The maximum atomic E-state index is 13.4. The molecule has 0 N–H and O–H groups in total. The molecule has 3 aromatic rings. The van der Waals surface area contributed by atoms with E-state index >= 15 is 0 Å². The molecule has 3 nitrogen and oxygen atoms in total. The molecule has 0 radical (unpaired) electrons. The SMILES string of the molecule is O=C(CN1CCOCC1)C[P+](c1ccccc1)(c1ccccc1)c1ccccc1.[Cl-].[Cl-].[H+]. The molecular formula is C25H28Cl2NO2P. The molecule has 0 bridgehead atoms. The van der Waals surface area contributed by atoms with Crippen molar-refractivity contribution >= 4 is 29.0 Å². The van der Waals surface area contributed by atoms with Gasteiger partial charge in [-0.3, -0.25) is 9.69 Å². The zero-order valence-corrected chi connectivity index (χ0v) is 19.8. The minimum Gasteiger partial charge on any atom is -1.00 e. The normalized spacial score (nSPS) is 14.2. The number of carbonyl (C=O) groups is 1. The number of hydrogen-bond donors (Lipinski definition) is 0. The van der Waals surface area contributed by atoms with Crippen molar-refractivity contribution in [3.05, 3.63) is 91.0 Å². The first-order valence-electron chi connectivity index (χ1n) is 10.2. The summed E-state index contributed by atoms with van der Waals surface area (Å²) in [5.41, 5.74) is 0. The molecule has 0 saturated carbocycles. The van der Waals surface area contributed by atoms with Crippen molar-refractivity contribution in [3.8, 4) is 0 Å². The zero-order chi connectivity index (χ0) is 19.9. The van der Waals surface area contributed by atoms with Crippen molar-refractivity contribution in [1.82, 2.24) is 4.90 Å². The standard InChI is InChI=1S/C25H27NO2P.2ClH/c27-22(20-26-16-18-28-19-17-26)21-29(23-10-4-1-5-11-23,24-12-6-2-7-13-24)25-14-8-3-9-15-25;;/h1-15H,16-21H2;2*1H/q+1;;/p-1. The first-order chi connectivity index (χ1) is 14.3. The third-order valence-electron chi connectivity index (χ3n) is 5.51. The van der Waals surface area contributed by atoms with E-state index in [-0.39, 0.29) is 26.2 Å². The average molecular weight is 476 g/mol. The van der Waals surface area contributed by atoms with Crippen LogP contribution >= 0.6 is 7.26 Å². The lowest BCUT2D eigenvalue weighted by atomic mass is 10.3. The summed E-state index contributed by atoms with van der Waals surface area (Å²) in [5, 5.41) is 3.77. The Morgan fingerprint density at radius 1 is 0.742 bits per heavy atom. The third kappa shape index (κ3) is 5.94. The fourth-order valence-electron chi connectivity index (χ4n) is 4.09. The van der Waals surface area contributed by atoms with Gasteiger partial charge in [0.2, 0.25) is 0 Å². The van der Waals surface area contributed by atoms with Gasteiger partial charge in [-0.25, -0.2) is 0 Å². The minimum atomic E-state index is -2.08. The molecule has 0 unspecified atom stereocenters. The van der Waals surface area contributed by atoms with Crippen molar-refractivity contribution in [1.29, 1.82) is 0 Å². The van der Waals surface area contributed by atoms with Gasteiger partial charge in [-0.2, -0.15) is 0 Å². The third-order valence-corrected chi connectivity index (χ3v) is 9.87. The summed E-state index contributed by atoms with van der Waals surface area (Å²) < 4.78 is 5.44. The molecular weight excluding hydrogens is 448 g/mol. The lowest BCUT2D eigenvalue weighted by Gasteiger charge is -2.29. The van der Waals surface area contributed by atoms with Crippen molar-refractivity contribution < 1.29 is 35.8 Å². The molecule has 3 aromatic carbocycles. The van der Waals surface area contributed by atoms with Crippen molar-refractivity contribution in [2.45, 2.75) is 0 Å². The molecule has 0 spiro atoms. The first kappa shape index (κ1) is 25.5. The number of nitrogens with zero attached hydrogens (tertiary/aromatic N) is 1. The summed E-state index contributed by atoms with van der Waals surface area (Å²) in [6.45, 7) is 3.59. The number of benzene rings is 3. The van der Waals surface area contributed by atoms with E-state index in [1.807, 2.05) is 18.2 Å². The Balaban J connectivity index is 0.00000171. The minimum absolute atomic E-state index is 0. The summed E-state index contributed by atoms with van der Waals surface area (Å²) >= 11 is 0. The summed E-state index contributed by atoms with van der Waals surface area (Å²) in [7, 11) is -2.08. The van der Waals surface area contributed by atoms with Gasteiger partial charge < -0.3 is 29.6 Å². The van der Waals surface area contributed by atoms with E-state index in [4.69, 9.17) is 4.74 Å². The van der Waals surface area contributed by atoms with Crippen molar-refractivity contribution in [2.24, 2.45) is 0 Å². The monoisotopic (exact) mass is 475 g/mol. The highest BCUT2D eigenvalue weighted by atomic mass is 35.5. The van der Waals surface area contributed by atoms with Gasteiger partial charge >= 0.3 is 1.43 Å². The molecule has 1 aliphatic rings.